The van der Waals surface area contributed by atoms with Gasteiger partial charge in [-0.3, -0.25) is 0 Å². The lowest BCUT2D eigenvalue weighted by Gasteiger charge is -2.34. The molecule has 15 heavy (non-hydrogen) atoms. The zero-order valence-corrected chi connectivity index (χ0v) is 11.3. The SMILES string of the molecule is CCC1CCC(Br)C(CC2CCOC2)C1. The van der Waals surface area contributed by atoms with E-state index >= 15 is 0 Å². The van der Waals surface area contributed by atoms with E-state index in [2.05, 4.69) is 22.9 Å². The number of alkyl halides is 1. The Bertz CT molecular complexity index is 189. The van der Waals surface area contributed by atoms with Crippen LogP contribution in [0.25, 0.3) is 0 Å². The van der Waals surface area contributed by atoms with Gasteiger partial charge in [-0.1, -0.05) is 29.3 Å². The van der Waals surface area contributed by atoms with Crippen LogP contribution in [0, 0.1) is 17.8 Å². The largest absolute Gasteiger partial charge is 0.381 e. The molecule has 1 aliphatic carbocycles. The number of ether oxygens (including phenoxy) is 1. The molecule has 0 aromatic rings. The van der Waals surface area contributed by atoms with Crippen molar-refractivity contribution in [1.82, 2.24) is 0 Å². The van der Waals surface area contributed by atoms with Crippen LogP contribution in [0.4, 0.5) is 0 Å². The quantitative estimate of drug-likeness (QED) is 0.707. The molecule has 4 atom stereocenters. The highest BCUT2D eigenvalue weighted by molar-refractivity contribution is 9.09. The number of halogens is 1. The van der Waals surface area contributed by atoms with E-state index in [1.165, 1.54) is 38.5 Å². The van der Waals surface area contributed by atoms with Crippen molar-refractivity contribution < 1.29 is 4.74 Å². The summed E-state index contributed by atoms with van der Waals surface area (Å²) >= 11 is 3.88. The van der Waals surface area contributed by atoms with Gasteiger partial charge in [0, 0.05) is 18.0 Å². The normalized spacial score (nSPS) is 42.0. The summed E-state index contributed by atoms with van der Waals surface area (Å²) in [6.45, 7) is 4.36. The molecule has 0 bridgehead atoms. The van der Waals surface area contributed by atoms with Crippen LogP contribution in [0.5, 0.6) is 0 Å². The molecule has 0 N–H and O–H groups in total. The second-order valence-corrected chi connectivity index (χ2v) is 6.50. The van der Waals surface area contributed by atoms with Gasteiger partial charge in [0.1, 0.15) is 0 Å². The maximum atomic E-state index is 5.47. The minimum absolute atomic E-state index is 0.779. The molecule has 1 aliphatic heterocycles. The lowest BCUT2D eigenvalue weighted by Crippen LogP contribution is -2.27. The molecule has 2 heteroatoms. The Hall–Kier alpha value is 0.440. The highest BCUT2D eigenvalue weighted by Crippen LogP contribution is 2.39. The average molecular weight is 275 g/mol. The molecular formula is C13H23BrO. The Kier molecular flexibility index (Phi) is 4.51. The van der Waals surface area contributed by atoms with Crippen LogP contribution in [0.15, 0.2) is 0 Å². The van der Waals surface area contributed by atoms with Gasteiger partial charge in [0.05, 0.1) is 0 Å². The molecular weight excluding hydrogens is 252 g/mol. The topological polar surface area (TPSA) is 9.23 Å². The third kappa shape index (κ3) is 3.20. The molecule has 88 valence electrons. The van der Waals surface area contributed by atoms with E-state index in [-0.39, 0.29) is 0 Å². The summed E-state index contributed by atoms with van der Waals surface area (Å²) in [6.07, 6.45) is 8.33. The Labute approximate surface area is 102 Å². The number of hydrogen-bond donors (Lipinski definition) is 0. The molecule has 1 saturated heterocycles. The molecule has 2 fully saturated rings. The maximum absolute atomic E-state index is 5.47. The molecule has 1 nitrogen and oxygen atoms in total. The minimum atomic E-state index is 0.779. The minimum Gasteiger partial charge on any atom is -0.381 e. The summed E-state index contributed by atoms with van der Waals surface area (Å²) in [4.78, 5) is 0.779. The summed E-state index contributed by atoms with van der Waals surface area (Å²) in [7, 11) is 0. The van der Waals surface area contributed by atoms with Gasteiger partial charge in [-0.25, -0.2) is 0 Å². The van der Waals surface area contributed by atoms with Crippen molar-refractivity contribution in [1.29, 1.82) is 0 Å². The summed E-state index contributed by atoms with van der Waals surface area (Å²) in [5.41, 5.74) is 0. The first kappa shape index (κ1) is 11.9. The number of hydrogen-bond acceptors (Lipinski definition) is 1. The van der Waals surface area contributed by atoms with Gasteiger partial charge in [-0.2, -0.15) is 0 Å². The van der Waals surface area contributed by atoms with Crippen molar-refractivity contribution in [3.05, 3.63) is 0 Å². The molecule has 0 aromatic heterocycles. The fourth-order valence-corrected chi connectivity index (χ4v) is 3.83. The van der Waals surface area contributed by atoms with Gasteiger partial charge in [0.15, 0.2) is 0 Å². The van der Waals surface area contributed by atoms with Crippen molar-refractivity contribution in [2.45, 2.75) is 50.3 Å². The highest BCUT2D eigenvalue weighted by Gasteiger charge is 2.30. The van der Waals surface area contributed by atoms with Crippen molar-refractivity contribution in [2.24, 2.45) is 17.8 Å². The fraction of sp³-hybridized carbons (Fsp3) is 1.00. The molecule has 0 radical (unpaired) electrons. The van der Waals surface area contributed by atoms with Crippen LogP contribution >= 0.6 is 15.9 Å². The smallest absolute Gasteiger partial charge is 0.0495 e. The van der Waals surface area contributed by atoms with Crippen molar-refractivity contribution in [3.63, 3.8) is 0 Å². The van der Waals surface area contributed by atoms with Crippen LogP contribution in [0.3, 0.4) is 0 Å². The van der Waals surface area contributed by atoms with E-state index in [0.717, 1.165) is 35.8 Å². The van der Waals surface area contributed by atoms with E-state index in [4.69, 9.17) is 4.74 Å². The zero-order valence-electron chi connectivity index (χ0n) is 9.75. The standard InChI is InChI=1S/C13H23BrO/c1-2-10-3-4-13(14)12(7-10)8-11-5-6-15-9-11/h10-13H,2-9H2,1H3. The third-order valence-electron chi connectivity index (χ3n) is 4.24. The van der Waals surface area contributed by atoms with Gasteiger partial charge >= 0.3 is 0 Å². The first-order valence-electron chi connectivity index (χ1n) is 6.51. The molecule has 0 aromatic carbocycles. The molecule has 0 spiro atoms. The first-order valence-corrected chi connectivity index (χ1v) is 7.43. The van der Waals surface area contributed by atoms with Gasteiger partial charge in [0.2, 0.25) is 0 Å². The fourth-order valence-electron chi connectivity index (χ4n) is 3.14. The Morgan fingerprint density at radius 1 is 1.20 bits per heavy atom. The zero-order chi connectivity index (χ0) is 10.7. The molecule has 4 unspecified atom stereocenters. The lowest BCUT2D eigenvalue weighted by molar-refractivity contribution is 0.171. The van der Waals surface area contributed by atoms with Gasteiger partial charge in [-0.15, -0.1) is 0 Å². The maximum Gasteiger partial charge on any atom is 0.0495 e. The van der Waals surface area contributed by atoms with Crippen molar-refractivity contribution >= 4 is 15.9 Å². The highest BCUT2D eigenvalue weighted by atomic mass is 79.9. The predicted octanol–water partition coefficient (Wildman–Crippen LogP) is 4.00. The average Bonchev–Trinajstić information content (AvgIpc) is 2.74. The summed E-state index contributed by atoms with van der Waals surface area (Å²) in [6, 6.07) is 0. The van der Waals surface area contributed by atoms with Gasteiger partial charge < -0.3 is 4.74 Å². The Morgan fingerprint density at radius 2 is 2.07 bits per heavy atom. The summed E-state index contributed by atoms with van der Waals surface area (Å²) < 4.78 is 5.47. The second kappa shape index (κ2) is 5.67. The second-order valence-electron chi connectivity index (χ2n) is 5.33. The van der Waals surface area contributed by atoms with Crippen LogP contribution in [-0.4, -0.2) is 18.0 Å². The summed E-state index contributed by atoms with van der Waals surface area (Å²) in [5.74, 6) is 2.76. The third-order valence-corrected chi connectivity index (χ3v) is 5.44. The van der Waals surface area contributed by atoms with Crippen LogP contribution < -0.4 is 0 Å². The Morgan fingerprint density at radius 3 is 2.73 bits per heavy atom. The van der Waals surface area contributed by atoms with Crippen LogP contribution in [0.2, 0.25) is 0 Å². The first-order chi connectivity index (χ1) is 7.29. The van der Waals surface area contributed by atoms with Crippen molar-refractivity contribution in [2.75, 3.05) is 13.2 Å². The molecule has 1 saturated carbocycles. The molecule has 2 rings (SSSR count). The van der Waals surface area contributed by atoms with Crippen LogP contribution in [-0.2, 0) is 4.74 Å². The predicted molar refractivity (Wildman–Crippen MR) is 67.4 cm³/mol. The van der Waals surface area contributed by atoms with E-state index in [1.54, 1.807) is 0 Å². The molecule has 0 amide bonds. The van der Waals surface area contributed by atoms with Gasteiger partial charge in [0.25, 0.3) is 0 Å². The Balaban J connectivity index is 1.82. The van der Waals surface area contributed by atoms with Gasteiger partial charge in [-0.05, 0) is 49.9 Å². The van der Waals surface area contributed by atoms with Crippen molar-refractivity contribution in [3.8, 4) is 0 Å². The monoisotopic (exact) mass is 274 g/mol. The van der Waals surface area contributed by atoms with Crippen LogP contribution in [0.1, 0.15) is 45.4 Å². The lowest BCUT2D eigenvalue weighted by atomic mass is 9.76. The molecule has 1 heterocycles. The van der Waals surface area contributed by atoms with E-state index in [9.17, 15) is 0 Å². The molecule has 2 aliphatic rings. The van der Waals surface area contributed by atoms with E-state index in [1.807, 2.05) is 0 Å². The summed E-state index contributed by atoms with van der Waals surface area (Å²) in [5, 5.41) is 0. The van der Waals surface area contributed by atoms with E-state index < -0.39 is 0 Å². The number of rotatable bonds is 3. The van der Waals surface area contributed by atoms with E-state index in [0.29, 0.717) is 0 Å².